The van der Waals surface area contributed by atoms with E-state index in [9.17, 15) is 10.1 Å². The van der Waals surface area contributed by atoms with Crippen LogP contribution in [-0.4, -0.2) is 25.0 Å². The predicted octanol–water partition coefficient (Wildman–Crippen LogP) is 3.40. The van der Waals surface area contributed by atoms with Crippen LogP contribution in [-0.2, 0) is 0 Å². The van der Waals surface area contributed by atoms with Crippen molar-refractivity contribution in [3.05, 3.63) is 65.4 Å². The summed E-state index contributed by atoms with van der Waals surface area (Å²) in [6.45, 7) is 0. The monoisotopic (exact) mass is 320 g/mol. The minimum absolute atomic E-state index is 0.223. The first kappa shape index (κ1) is 15.6. The first-order valence-electron chi connectivity index (χ1n) is 7.41. The molecule has 0 fully saturated rings. The average Bonchev–Trinajstić information content (AvgIpc) is 2.65. The highest BCUT2D eigenvalue weighted by molar-refractivity contribution is 5.96. The van der Waals surface area contributed by atoms with E-state index in [1.165, 1.54) is 12.0 Å². The molecule has 1 atom stereocenters. The second-order valence-electron chi connectivity index (χ2n) is 5.26. The highest BCUT2D eigenvalue weighted by Gasteiger charge is 2.30. The van der Waals surface area contributed by atoms with Gasteiger partial charge in [0.05, 0.1) is 20.3 Å². The van der Waals surface area contributed by atoms with Crippen LogP contribution in [0, 0.1) is 11.3 Å². The molecule has 0 aromatic heterocycles. The maximum absolute atomic E-state index is 12.7. The van der Waals surface area contributed by atoms with Gasteiger partial charge in [0.25, 0.3) is 5.91 Å². The van der Waals surface area contributed by atoms with Gasteiger partial charge in [0.15, 0.2) is 11.5 Å². The molecule has 24 heavy (non-hydrogen) atoms. The summed E-state index contributed by atoms with van der Waals surface area (Å²) in [6.07, 6.45) is 3.43. The maximum atomic E-state index is 12.7. The summed E-state index contributed by atoms with van der Waals surface area (Å²) < 4.78 is 10.6. The van der Waals surface area contributed by atoms with Gasteiger partial charge in [0, 0.05) is 17.3 Å². The molecule has 5 heteroatoms. The second kappa shape index (κ2) is 6.47. The molecule has 1 amide bonds. The van der Waals surface area contributed by atoms with E-state index in [1.54, 1.807) is 55.8 Å². The SMILES string of the molecule is COc1cc2c(cc1OC)[C@@H](C#N)N(C(=O)c1ccccc1)C=C2. The molecule has 1 aliphatic heterocycles. The summed E-state index contributed by atoms with van der Waals surface area (Å²) in [5.41, 5.74) is 2.07. The number of nitrogens with zero attached hydrogens (tertiary/aromatic N) is 2. The number of amides is 1. The number of methoxy groups -OCH3 is 2. The number of nitriles is 1. The molecular weight excluding hydrogens is 304 g/mol. The quantitative estimate of drug-likeness (QED) is 0.869. The first-order chi connectivity index (χ1) is 11.7. The largest absolute Gasteiger partial charge is 0.493 e. The zero-order chi connectivity index (χ0) is 17.1. The van der Waals surface area contributed by atoms with Crippen molar-refractivity contribution in [1.82, 2.24) is 4.90 Å². The number of ether oxygens (including phenoxy) is 2. The third-order valence-electron chi connectivity index (χ3n) is 3.95. The molecule has 5 nitrogen and oxygen atoms in total. The zero-order valence-electron chi connectivity index (χ0n) is 13.4. The van der Waals surface area contributed by atoms with Crippen LogP contribution in [0.15, 0.2) is 48.7 Å². The fraction of sp³-hybridized carbons (Fsp3) is 0.158. The fourth-order valence-corrected chi connectivity index (χ4v) is 2.73. The maximum Gasteiger partial charge on any atom is 0.259 e. The second-order valence-corrected chi connectivity index (χ2v) is 5.26. The van der Waals surface area contributed by atoms with E-state index >= 15 is 0 Å². The van der Waals surface area contributed by atoms with Crippen LogP contribution in [0.3, 0.4) is 0 Å². The molecule has 1 aliphatic rings. The molecule has 2 aromatic rings. The molecule has 0 saturated heterocycles. The lowest BCUT2D eigenvalue weighted by Gasteiger charge is -2.29. The number of carbonyl (C=O) groups is 1. The van der Waals surface area contributed by atoms with Gasteiger partial charge in [0.2, 0.25) is 0 Å². The lowest BCUT2D eigenvalue weighted by molar-refractivity contribution is 0.0794. The summed E-state index contributed by atoms with van der Waals surface area (Å²) in [5.74, 6) is 0.887. The van der Waals surface area contributed by atoms with Crippen LogP contribution >= 0.6 is 0 Å². The fourth-order valence-electron chi connectivity index (χ4n) is 2.73. The predicted molar refractivity (Wildman–Crippen MR) is 89.5 cm³/mol. The van der Waals surface area contributed by atoms with Gasteiger partial charge < -0.3 is 9.47 Å². The van der Waals surface area contributed by atoms with Gasteiger partial charge in [-0.1, -0.05) is 18.2 Å². The van der Waals surface area contributed by atoms with Crippen molar-refractivity contribution in [2.45, 2.75) is 6.04 Å². The Kier molecular flexibility index (Phi) is 4.21. The van der Waals surface area contributed by atoms with E-state index in [0.717, 1.165) is 5.56 Å². The molecule has 3 rings (SSSR count). The van der Waals surface area contributed by atoms with Gasteiger partial charge in [-0.05, 0) is 35.9 Å². The van der Waals surface area contributed by atoms with Crippen molar-refractivity contribution in [3.63, 3.8) is 0 Å². The van der Waals surface area contributed by atoms with Crippen molar-refractivity contribution < 1.29 is 14.3 Å². The standard InChI is InChI=1S/C19H16N2O3/c1-23-17-10-14-8-9-21(19(22)13-6-4-3-5-7-13)16(12-20)15(14)11-18(17)24-2/h3-11,16H,1-2H3/t16-/m1/s1. The minimum atomic E-state index is -0.725. The van der Waals surface area contributed by atoms with Gasteiger partial charge in [-0.15, -0.1) is 0 Å². The number of rotatable bonds is 3. The Morgan fingerprint density at radius 1 is 1.12 bits per heavy atom. The smallest absolute Gasteiger partial charge is 0.259 e. The molecule has 2 aromatic carbocycles. The van der Waals surface area contributed by atoms with Gasteiger partial charge in [-0.3, -0.25) is 9.69 Å². The molecule has 1 heterocycles. The molecule has 0 bridgehead atoms. The summed E-state index contributed by atoms with van der Waals surface area (Å²) in [4.78, 5) is 14.2. The molecule has 120 valence electrons. The van der Waals surface area contributed by atoms with E-state index in [4.69, 9.17) is 9.47 Å². The van der Waals surface area contributed by atoms with Crippen LogP contribution < -0.4 is 9.47 Å². The highest BCUT2D eigenvalue weighted by atomic mass is 16.5. The average molecular weight is 320 g/mol. The Morgan fingerprint density at radius 2 is 1.79 bits per heavy atom. The van der Waals surface area contributed by atoms with Crippen LogP contribution in [0.25, 0.3) is 6.08 Å². The van der Waals surface area contributed by atoms with Crippen molar-refractivity contribution >= 4 is 12.0 Å². The van der Waals surface area contributed by atoms with E-state index in [0.29, 0.717) is 22.6 Å². The Bertz CT molecular complexity index is 838. The lowest BCUT2D eigenvalue weighted by atomic mass is 9.95. The molecule has 0 radical (unpaired) electrons. The molecule has 0 aliphatic carbocycles. The Hall–Kier alpha value is -3.26. The number of carbonyl (C=O) groups excluding carboxylic acids is 1. The van der Waals surface area contributed by atoms with Crippen molar-refractivity contribution in [2.24, 2.45) is 0 Å². The summed E-state index contributed by atoms with van der Waals surface area (Å²) >= 11 is 0. The van der Waals surface area contributed by atoms with Gasteiger partial charge >= 0.3 is 0 Å². The number of fused-ring (bicyclic) bond motifs is 1. The van der Waals surface area contributed by atoms with Crippen LogP contribution in [0.2, 0.25) is 0 Å². The Labute approximate surface area is 140 Å². The molecule has 0 N–H and O–H groups in total. The normalized spacial score (nSPS) is 15.4. The van der Waals surface area contributed by atoms with E-state index in [1.807, 2.05) is 6.07 Å². The molecular formula is C19H16N2O3. The zero-order valence-corrected chi connectivity index (χ0v) is 13.4. The van der Waals surface area contributed by atoms with Gasteiger partial charge in [-0.2, -0.15) is 5.26 Å². The first-order valence-corrected chi connectivity index (χ1v) is 7.41. The third kappa shape index (κ3) is 2.59. The van der Waals surface area contributed by atoms with Crippen LogP contribution in [0.5, 0.6) is 11.5 Å². The molecule has 0 saturated carbocycles. The summed E-state index contributed by atoms with van der Waals surface area (Å²) in [7, 11) is 3.10. The van der Waals surface area contributed by atoms with E-state index < -0.39 is 6.04 Å². The van der Waals surface area contributed by atoms with Crippen molar-refractivity contribution in [3.8, 4) is 17.6 Å². The van der Waals surface area contributed by atoms with Crippen LogP contribution in [0.1, 0.15) is 27.5 Å². The van der Waals surface area contributed by atoms with Gasteiger partial charge in [-0.25, -0.2) is 0 Å². The van der Waals surface area contributed by atoms with Crippen LogP contribution in [0.4, 0.5) is 0 Å². The molecule has 0 unspecified atom stereocenters. The van der Waals surface area contributed by atoms with E-state index in [2.05, 4.69) is 6.07 Å². The summed E-state index contributed by atoms with van der Waals surface area (Å²) in [6, 6.07) is 13.9. The topological polar surface area (TPSA) is 62.6 Å². The third-order valence-corrected chi connectivity index (χ3v) is 3.95. The number of hydrogen-bond donors (Lipinski definition) is 0. The highest BCUT2D eigenvalue weighted by Crippen LogP contribution is 2.38. The van der Waals surface area contributed by atoms with E-state index in [-0.39, 0.29) is 5.91 Å². The molecule has 0 spiro atoms. The lowest BCUT2D eigenvalue weighted by Crippen LogP contribution is -2.31. The van der Waals surface area contributed by atoms with Crippen molar-refractivity contribution in [1.29, 1.82) is 5.26 Å². The number of hydrogen-bond acceptors (Lipinski definition) is 4. The Morgan fingerprint density at radius 3 is 2.42 bits per heavy atom. The minimum Gasteiger partial charge on any atom is -0.493 e. The Balaban J connectivity index is 2.04. The summed E-state index contributed by atoms with van der Waals surface area (Å²) in [5, 5.41) is 9.64. The van der Waals surface area contributed by atoms with Gasteiger partial charge in [0.1, 0.15) is 6.04 Å². The van der Waals surface area contributed by atoms with Crippen molar-refractivity contribution in [2.75, 3.05) is 14.2 Å². The number of benzene rings is 2.